The molecule has 0 fully saturated rings. The summed E-state index contributed by atoms with van der Waals surface area (Å²) >= 11 is 1.44. The Bertz CT molecular complexity index is 795. The predicted molar refractivity (Wildman–Crippen MR) is 114 cm³/mol. The number of hydrogen-bond donors (Lipinski definition) is 6. The van der Waals surface area contributed by atoms with Crippen LogP contribution in [0.4, 0.5) is 0 Å². The van der Waals surface area contributed by atoms with Gasteiger partial charge in [0.2, 0.25) is 11.8 Å². The van der Waals surface area contributed by atoms with E-state index in [-0.39, 0.29) is 37.2 Å². The molecule has 2 atom stereocenters. The molecule has 0 spiro atoms. The maximum absolute atomic E-state index is 12.1. The van der Waals surface area contributed by atoms with Crippen molar-refractivity contribution in [1.29, 1.82) is 5.41 Å². The molecule has 0 bridgehead atoms. The minimum absolute atomic E-state index is 0.0157. The van der Waals surface area contributed by atoms with Crippen LogP contribution in [0, 0.1) is 5.41 Å². The second kappa shape index (κ2) is 11.3. The van der Waals surface area contributed by atoms with Gasteiger partial charge in [0.05, 0.1) is 6.04 Å². The zero-order valence-corrected chi connectivity index (χ0v) is 17.4. The van der Waals surface area contributed by atoms with E-state index in [1.807, 2.05) is 23.6 Å². The number of amides is 2. The van der Waals surface area contributed by atoms with Gasteiger partial charge in [-0.2, -0.15) is 0 Å². The zero-order chi connectivity index (χ0) is 22.1. The highest BCUT2D eigenvalue weighted by Gasteiger charge is 2.22. The van der Waals surface area contributed by atoms with Crippen molar-refractivity contribution in [3.63, 3.8) is 0 Å². The van der Waals surface area contributed by atoms with E-state index < -0.39 is 18.1 Å². The summed E-state index contributed by atoms with van der Waals surface area (Å²) in [5.74, 6) is -1.80. The molecule has 8 N–H and O–H groups in total. The number of nitrogens with one attached hydrogen (secondary N) is 3. The number of thiophene rings is 1. The number of carboxylic acids is 1. The first kappa shape index (κ1) is 23.4. The molecule has 2 unspecified atom stereocenters. The van der Waals surface area contributed by atoms with Gasteiger partial charge in [-0.15, -0.1) is 11.3 Å². The molecule has 0 saturated carbocycles. The molecule has 1 aromatic rings. The Morgan fingerprint density at radius 2 is 2.10 bits per heavy atom. The maximum atomic E-state index is 12.1. The van der Waals surface area contributed by atoms with Crippen LogP contribution in [0.2, 0.25) is 0 Å². The smallest absolute Gasteiger partial charge is 0.326 e. The summed E-state index contributed by atoms with van der Waals surface area (Å²) in [7, 11) is 0. The van der Waals surface area contributed by atoms with Crippen molar-refractivity contribution in [1.82, 2.24) is 15.5 Å². The minimum atomic E-state index is -1.08. The first-order valence-electron chi connectivity index (χ1n) is 9.61. The van der Waals surface area contributed by atoms with Gasteiger partial charge in [0, 0.05) is 37.4 Å². The molecule has 30 heavy (non-hydrogen) atoms. The van der Waals surface area contributed by atoms with E-state index in [9.17, 15) is 19.5 Å². The standard InChI is InChI=1S/C19H28N6O4S/c20-14(9-12-5-7-25(11-12)19(21)22)17(27)23-6-1-4-16(26)24-15(18(28)29)10-13-3-2-8-30-13/h2-3,5,8,14-15H,1,4,6-7,9-11,20H2,(H3,21,22)(H,23,27)(H,24,26)(H,28,29). The van der Waals surface area contributed by atoms with Crippen LogP contribution in [0.3, 0.4) is 0 Å². The lowest BCUT2D eigenvalue weighted by atomic mass is 10.1. The molecule has 0 saturated heterocycles. The quantitative estimate of drug-likeness (QED) is 0.118. The molecule has 0 aliphatic carbocycles. The van der Waals surface area contributed by atoms with Crippen LogP contribution in [0.5, 0.6) is 0 Å². The van der Waals surface area contributed by atoms with Gasteiger partial charge in [0.1, 0.15) is 6.04 Å². The van der Waals surface area contributed by atoms with E-state index in [0.717, 1.165) is 10.5 Å². The molecule has 11 heteroatoms. The first-order chi connectivity index (χ1) is 14.3. The third-order valence-corrected chi connectivity index (χ3v) is 5.55. The maximum Gasteiger partial charge on any atom is 0.326 e. The summed E-state index contributed by atoms with van der Waals surface area (Å²) in [5, 5.41) is 23.8. The highest BCUT2D eigenvalue weighted by atomic mass is 32.1. The Labute approximate surface area is 178 Å². The SMILES string of the molecule is N=C(N)N1CC=C(CC(N)C(=O)NCCCC(=O)NC(Cc2cccs2)C(=O)O)C1. The Hall–Kier alpha value is -2.92. The molecule has 2 amide bonds. The van der Waals surface area contributed by atoms with Crippen LogP contribution in [-0.4, -0.2) is 65.5 Å². The van der Waals surface area contributed by atoms with Crippen molar-refractivity contribution in [3.8, 4) is 0 Å². The summed E-state index contributed by atoms with van der Waals surface area (Å²) in [6.07, 6.45) is 2.99. The number of nitrogens with two attached hydrogens (primary N) is 2. The van der Waals surface area contributed by atoms with Crippen molar-refractivity contribution in [2.45, 2.75) is 37.8 Å². The van der Waals surface area contributed by atoms with E-state index >= 15 is 0 Å². The predicted octanol–water partition coefficient (Wildman–Crippen LogP) is -0.391. The second-order valence-corrected chi connectivity index (χ2v) is 8.11. The van der Waals surface area contributed by atoms with Crippen LogP contribution in [0.1, 0.15) is 24.1 Å². The van der Waals surface area contributed by atoms with Crippen LogP contribution < -0.4 is 22.1 Å². The van der Waals surface area contributed by atoms with E-state index in [1.54, 1.807) is 4.90 Å². The van der Waals surface area contributed by atoms with Crippen molar-refractivity contribution in [2.24, 2.45) is 11.5 Å². The topological polar surface area (TPSA) is 175 Å². The number of aliphatic carboxylic acids is 1. The van der Waals surface area contributed by atoms with Crippen molar-refractivity contribution >= 4 is 35.1 Å². The Balaban J connectivity index is 1.64. The van der Waals surface area contributed by atoms with Gasteiger partial charge in [-0.25, -0.2) is 4.79 Å². The highest BCUT2D eigenvalue weighted by molar-refractivity contribution is 7.09. The Morgan fingerprint density at radius 1 is 1.33 bits per heavy atom. The lowest BCUT2D eigenvalue weighted by Gasteiger charge is -2.17. The number of nitrogens with zero attached hydrogens (tertiary/aromatic N) is 1. The number of hydrogen-bond acceptors (Lipinski definition) is 6. The normalized spacial score (nSPS) is 15.2. The van der Waals surface area contributed by atoms with Crippen LogP contribution in [0.25, 0.3) is 0 Å². The number of rotatable bonds is 11. The number of carboxylic acid groups (broad SMARTS) is 1. The fourth-order valence-corrected chi connectivity index (χ4v) is 3.76. The molecule has 10 nitrogen and oxygen atoms in total. The van der Waals surface area contributed by atoms with Crippen molar-refractivity contribution < 1.29 is 19.5 Å². The van der Waals surface area contributed by atoms with Gasteiger partial charge in [-0.3, -0.25) is 15.0 Å². The van der Waals surface area contributed by atoms with Crippen molar-refractivity contribution in [2.75, 3.05) is 19.6 Å². The molecule has 164 valence electrons. The Kier molecular flexibility index (Phi) is 8.81. The van der Waals surface area contributed by atoms with E-state index in [1.165, 1.54) is 11.3 Å². The molecule has 1 aromatic heterocycles. The lowest BCUT2D eigenvalue weighted by molar-refractivity contribution is -0.141. The minimum Gasteiger partial charge on any atom is -0.480 e. The average Bonchev–Trinajstić information content (AvgIpc) is 3.36. The molecule has 1 aliphatic rings. The van der Waals surface area contributed by atoms with Gasteiger partial charge in [-0.1, -0.05) is 17.7 Å². The van der Waals surface area contributed by atoms with Crippen LogP contribution in [0.15, 0.2) is 29.2 Å². The third-order valence-electron chi connectivity index (χ3n) is 4.65. The summed E-state index contributed by atoms with van der Waals surface area (Å²) in [4.78, 5) is 38.0. The van der Waals surface area contributed by atoms with Crippen LogP contribution in [-0.2, 0) is 20.8 Å². The molecule has 0 radical (unpaired) electrons. The van der Waals surface area contributed by atoms with Gasteiger partial charge < -0.3 is 32.1 Å². The second-order valence-electron chi connectivity index (χ2n) is 7.08. The Morgan fingerprint density at radius 3 is 2.70 bits per heavy atom. The van der Waals surface area contributed by atoms with Gasteiger partial charge >= 0.3 is 5.97 Å². The molecule has 2 rings (SSSR count). The number of carbonyl (C=O) groups excluding carboxylic acids is 2. The fraction of sp³-hybridized carbons (Fsp3) is 0.474. The largest absolute Gasteiger partial charge is 0.480 e. The monoisotopic (exact) mass is 436 g/mol. The van der Waals surface area contributed by atoms with Gasteiger partial charge in [0.15, 0.2) is 5.96 Å². The summed E-state index contributed by atoms with van der Waals surface area (Å²) < 4.78 is 0. The number of guanidine groups is 1. The molecule has 2 heterocycles. The molecule has 0 aromatic carbocycles. The summed E-state index contributed by atoms with van der Waals surface area (Å²) in [6, 6.07) is 1.95. The van der Waals surface area contributed by atoms with Gasteiger partial charge in [-0.05, 0) is 24.3 Å². The van der Waals surface area contributed by atoms with Crippen LogP contribution >= 0.6 is 11.3 Å². The first-order valence-corrected chi connectivity index (χ1v) is 10.5. The summed E-state index contributed by atoms with van der Waals surface area (Å²) in [6.45, 7) is 1.30. The van der Waals surface area contributed by atoms with E-state index in [4.69, 9.17) is 16.9 Å². The molecular formula is C19H28N6O4S. The van der Waals surface area contributed by atoms with E-state index in [2.05, 4.69) is 10.6 Å². The fourth-order valence-electron chi connectivity index (χ4n) is 3.01. The average molecular weight is 437 g/mol. The molecular weight excluding hydrogens is 408 g/mol. The van der Waals surface area contributed by atoms with Gasteiger partial charge in [0.25, 0.3) is 0 Å². The third kappa shape index (κ3) is 7.48. The highest BCUT2D eigenvalue weighted by Crippen LogP contribution is 2.14. The van der Waals surface area contributed by atoms with Crippen molar-refractivity contribution in [3.05, 3.63) is 34.0 Å². The van der Waals surface area contributed by atoms with E-state index in [0.29, 0.717) is 25.9 Å². The number of carbonyl (C=O) groups is 3. The summed E-state index contributed by atoms with van der Waals surface area (Å²) in [5.41, 5.74) is 12.3. The lowest BCUT2D eigenvalue weighted by Crippen LogP contribution is -2.43. The zero-order valence-electron chi connectivity index (χ0n) is 16.6. The molecule has 1 aliphatic heterocycles.